The molecule has 0 unspecified atom stereocenters. The molecule has 0 aromatic heterocycles. The molecular weight excluding hydrogens is 184 g/mol. The zero-order chi connectivity index (χ0) is 10.4. The second-order valence-corrected chi connectivity index (χ2v) is 3.28. The van der Waals surface area contributed by atoms with Crippen LogP contribution >= 0.6 is 0 Å². The molecule has 0 saturated carbocycles. The third-order valence-corrected chi connectivity index (χ3v) is 1.94. The van der Waals surface area contributed by atoms with E-state index in [4.69, 9.17) is 0 Å². The maximum Gasteiger partial charge on any atom is 0.126 e. The molecule has 0 aliphatic heterocycles. The van der Waals surface area contributed by atoms with Gasteiger partial charge in [-0.05, 0) is 43.6 Å². The van der Waals surface area contributed by atoms with Gasteiger partial charge >= 0.3 is 0 Å². The predicted octanol–water partition coefficient (Wildman–Crippen LogP) is 2.51. The predicted molar refractivity (Wildman–Crippen MR) is 53.2 cm³/mol. The summed E-state index contributed by atoms with van der Waals surface area (Å²) in [6.07, 6.45) is 1.73. The first kappa shape index (κ1) is 11.1. The van der Waals surface area contributed by atoms with E-state index in [1.54, 1.807) is 0 Å². The van der Waals surface area contributed by atoms with Crippen LogP contribution < -0.4 is 5.32 Å². The molecule has 0 spiro atoms. The fourth-order valence-corrected chi connectivity index (χ4v) is 1.29. The van der Waals surface area contributed by atoms with Crippen molar-refractivity contribution in [2.45, 2.75) is 19.8 Å². The van der Waals surface area contributed by atoms with Gasteiger partial charge in [0, 0.05) is 6.07 Å². The van der Waals surface area contributed by atoms with Crippen molar-refractivity contribution in [3.63, 3.8) is 0 Å². The van der Waals surface area contributed by atoms with E-state index in [0.717, 1.165) is 25.6 Å². The molecule has 0 saturated heterocycles. The van der Waals surface area contributed by atoms with Crippen molar-refractivity contribution >= 4 is 0 Å². The summed E-state index contributed by atoms with van der Waals surface area (Å²) in [6.45, 7) is 3.78. The summed E-state index contributed by atoms with van der Waals surface area (Å²) < 4.78 is 25.5. The van der Waals surface area contributed by atoms with Gasteiger partial charge in [0.2, 0.25) is 0 Å². The van der Waals surface area contributed by atoms with Gasteiger partial charge in [-0.15, -0.1) is 0 Å². The average molecular weight is 199 g/mol. The third-order valence-electron chi connectivity index (χ3n) is 1.94. The highest BCUT2D eigenvalue weighted by atomic mass is 19.1. The lowest BCUT2D eigenvalue weighted by molar-refractivity contribution is 0.577. The molecular formula is C11H15F2N. The number of rotatable bonds is 5. The van der Waals surface area contributed by atoms with Crippen LogP contribution in [0.2, 0.25) is 0 Å². The summed E-state index contributed by atoms with van der Waals surface area (Å²) in [5, 5.41) is 3.18. The standard InChI is InChI=1S/C11H15F2N/c1-2-4-14-5-3-9-6-10(12)8-11(13)7-9/h6-8,14H,2-5H2,1H3. The van der Waals surface area contributed by atoms with Gasteiger partial charge in [-0.2, -0.15) is 0 Å². The van der Waals surface area contributed by atoms with Crippen molar-refractivity contribution in [2.75, 3.05) is 13.1 Å². The molecule has 14 heavy (non-hydrogen) atoms. The molecule has 3 heteroatoms. The highest BCUT2D eigenvalue weighted by molar-refractivity contribution is 5.18. The molecule has 0 bridgehead atoms. The zero-order valence-electron chi connectivity index (χ0n) is 8.32. The maximum absolute atomic E-state index is 12.7. The Kier molecular flexibility index (Phi) is 4.53. The van der Waals surface area contributed by atoms with Crippen molar-refractivity contribution in [2.24, 2.45) is 0 Å². The lowest BCUT2D eigenvalue weighted by Crippen LogP contribution is -2.17. The smallest absolute Gasteiger partial charge is 0.126 e. The number of hydrogen-bond donors (Lipinski definition) is 1. The van der Waals surface area contributed by atoms with Crippen molar-refractivity contribution < 1.29 is 8.78 Å². The van der Waals surface area contributed by atoms with Crippen LogP contribution in [0.3, 0.4) is 0 Å². The van der Waals surface area contributed by atoms with E-state index < -0.39 is 11.6 Å². The minimum absolute atomic E-state index is 0.504. The lowest BCUT2D eigenvalue weighted by Gasteiger charge is -2.03. The van der Waals surface area contributed by atoms with Gasteiger partial charge in [0.05, 0.1) is 0 Å². The fourth-order valence-electron chi connectivity index (χ4n) is 1.29. The van der Waals surface area contributed by atoms with E-state index >= 15 is 0 Å². The summed E-state index contributed by atoms with van der Waals surface area (Å²) in [5.41, 5.74) is 0.700. The molecule has 0 atom stereocenters. The van der Waals surface area contributed by atoms with Crippen LogP contribution in [0.4, 0.5) is 8.78 Å². The van der Waals surface area contributed by atoms with Crippen LogP contribution in [-0.2, 0) is 6.42 Å². The summed E-state index contributed by atoms with van der Waals surface area (Å²) in [5.74, 6) is -1.01. The molecule has 0 aliphatic carbocycles. The molecule has 1 aromatic rings. The lowest BCUT2D eigenvalue weighted by atomic mass is 10.1. The van der Waals surface area contributed by atoms with Gasteiger partial charge in [0.1, 0.15) is 11.6 Å². The minimum atomic E-state index is -0.504. The SMILES string of the molecule is CCCNCCc1cc(F)cc(F)c1. The molecule has 1 nitrogen and oxygen atoms in total. The van der Waals surface area contributed by atoms with Gasteiger partial charge in [0.15, 0.2) is 0 Å². The second-order valence-electron chi connectivity index (χ2n) is 3.28. The first-order valence-electron chi connectivity index (χ1n) is 4.88. The van der Waals surface area contributed by atoms with Gasteiger partial charge in [-0.1, -0.05) is 6.92 Å². The Labute approximate surface area is 83.1 Å². The summed E-state index contributed by atoms with van der Waals surface area (Å²) in [7, 11) is 0. The van der Waals surface area contributed by atoms with Gasteiger partial charge in [0.25, 0.3) is 0 Å². The van der Waals surface area contributed by atoms with Crippen LogP contribution in [0, 0.1) is 11.6 Å². The Balaban J connectivity index is 2.42. The first-order valence-corrected chi connectivity index (χ1v) is 4.88. The normalized spacial score (nSPS) is 10.5. The minimum Gasteiger partial charge on any atom is -0.316 e. The van der Waals surface area contributed by atoms with Crippen LogP contribution in [0.1, 0.15) is 18.9 Å². The largest absolute Gasteiger partial charge is 0.316 e. The molecule has 1 N–H and O–H groups in total. The third kappa shape index (κ3) is 3.83. The van der Waals surface area contributed by atoms with E-state index in [-0.39, 0.29) is 0 Å². The number of benzene rings is 1. The monoisotopic (exact) mass is 199 g/mol. The highest BCUT2D eigenvalue weighted by Crippen LogP contribution is 2.07. The van der Waals surface area contributed by atoms with Crippen LogP contribution in [0.5, 0.6) is 0 Å². The highest BCUT2D eigenvalue weighted by Gasteiger charge is 1.99. The van der Waals surface area contributed by atoms with E-state index in [9.17, 15) is 8.78 Å². The summed E-state index contributed by atoms with van der Waals surface area (Å²) >= 11 is 0. The Hall–Kier alpha value is -0.960. The number of halogens is 2. The Bertz CT molecular complexity index is 266. The van der Waals surface area contributed by atoms with Gasteiger partial charge < -0.3 is 5.32 Å². The summed E-state index contributed by atoms with van der Waals surface area (Å²) in [6, 6.07) is 3.64. The number of nitrogens with one attached hydrogen (secondary N) is 1. The zero-order valence-corrected chi connectivity index (χ0v) is 8.32. The van der Waals surface area contributed by atoms with E-state index in [0.29, 0.717) is 12.0 Å². The molecule has 0 amide bonds. The molecule has 0 radical (unpaired) electrons. The van der Waals surface area contributed by atoms with Crippen molar-refractivity contribution in [1.82, 2.24) is 5.32 Å². The van der Waals surface area contributed by atoms with E-state index in [2.05, 4.69) is 12.2 Å². The average Bonchev–Trinajstić information content (AvgIpc) is 2.11. The van der Waals surface area contributed by atoms with Gasteiger partial charge in [-0.3, -0.25) is 0 Å². The Morgan fingerprint density at radius 2 is 1.71 bits per heavy atom. The molecule has 1 aromatic carbocycles. The van der Waals surface area contributed by atoms with Crippen LogP contribution in [-0.4, -0.2) is 13.1 Å². The number of hydrogen-bond acceptors (Lipinski definition) is 1. The Morgan fingerprint density at radius 3 is 2.29 bits per heavy atom. The molecule has 0 fully saturated rings. The van der Waals surface area contributed by atoms with E-state index in [1.165, 1.54) is 12.1 Å². The Morgan fingerprint density at radius 1 is 1.07 bits per heavy atom. The maximum atomic E-state index is 12.7. The molecule has 0 aliphatic rings. The second kappa shape index (κ2) is 5.70. The van der Waals surface area contributed by atoms with Crippen molar-refractivity contribution in [3.05, 3.63) is 35.4 Å². The molecule has 78 valence electrons. The first-order chi connectivity index (χ1) is 6.72. The topological polar surface area (TPSA) is 12.0 Å². The van der Waals surface area contributed by atoms with E-state index in [1.807, 2.05) is 0 Å². The molecule has 0 heterocycles. The van der Waals surface area contributed by atoms with Crippen molar-refractivity contribution in [3.8, 4) is 0 Å². The van der Waals surface area contributed by atoms with Crippen molar-refractivity contribution in [1.29, 1.82) is 0 Å². The van der Waals surface area contributed by atoms with Gasteiger partial charge in [-0.25, -0.2) is 8.78 Å². The summed E-state index contributed by atoms with van der Waals surface area (Å²) in [4.78, 5) is 0. The molecule has 1 rings (SSSR count). The quantitative estimate of drug-likeness (QED) is 0.718. The fraction of sp³-hybridized carbons (Fsp3) is 0.455. The van der Waals surface area contributed by atoms with Crippen LogP contribution in [0.25, 0.3) is 0 Å². The van der Waals surface area contributed by atoms with Crippen LogP contribution in [0.15, 0.2) is 18.2 Å².